The van der Waals surface area contributed by atoms with Crippen LogP contribution in [-0.2, 0) is 16.0 Å². The first-order valence-electron chi connectivity index (χ1n) is 8.09. The molecule has 1 aliphatic heterocycles. The molecule has 1 fully saturated rings. The molecule has 0 aromatic heterocycles. The number of benzene rings is 2. The van der Waals surface area contributed by atoms with Gasteiger partial charge in [0.05, 0.1) is 13.5 Å². The Bertz CT molecular complexity index is 807. The van der Waals surface area contributed by atoms with E-state index >= 15 is 0 Å². The molecule has 0 atom stereocenters. The zero-order chi connectivity index (χ0) is 17.8. The minimum atomic E-state index is -0.175. The van der Waals surface area contributed by atoms with Crippen molar-refractivity contribution >= 4 is 34.8 Å². The maximum Gasteiger partial charge on any atom is 0.228 e. The molecule has 1 N–H and O–H groups in total. The molecular weight excluding hydrogens is 340 g/mol. The average molecular weight is 359 g/mol. The molecule has 5 nitrogen and oxygen atoms in total. The molecule has 1 aliphatic rings. The monoisotopic (exact) mass is 358 g/mol. The summed E-state index contributed by atoms with van der Waals surface area (Å²) in [6.45, 7) is 0.718. The number of carbonyl (C=O) groups is 2. The van der Waals surface area contributed by atoms with E-state index in [9.17, 15) is 9.59 Å². The van der Waals surface area contributed by atoms with E-state index in [1.54, 1.807) is 36.3 Å². The number of carbonyl (C=O) groups excluding carboxylic acids is 2. The molecule has 3 rings (SSSR count). The van der Waals surface area contributed by atoms with E-state index in [1.165, 1.54) is 0 Å². The number of nitrogens with zero attached hydrogens (tertiary/aromatic N) is 1. The zero-order valence-corrected chi connectivity index (χ0v) is 14.7. The second kappa shape index (κ2) is 7.57. The van der Waals surface area contributed by atoms with Crippen molar-refractivity contribution in [2.45, 2.75) is 19.3 Å². The molecule has 0 radical (unpaired) electrons. The molecule has 1 heterocycles. The van der Waals surface area contributed by atoms with Crippen LogP contribution >= 0.6 is 11.6 Å². The van der Waals surface area contributed by atoms with Gasteiger partial charge in [-0.15, -0.1) is 0 Å². The van der Waals surface area contributed by atoms with Crippen molar-refractivity contribution in [3.05, 3.63) is 53.1 Å². The summed E-state index contributed by atoms with van der Waals surface area (Å²) >= 11 is 6.00. The summed E-state index contributed by atoms with van der Waals surface area (Å²) < 4.78 is 5.27. The van der Waals surface area contributed by atoms with Crippen molar-refractivity contribution in [2.24, 2.45) is 0 Å². The fraction of sp³-hybridized carbons (Fsp3) is 0.263. The summed E-state index contributed by atoms with van der Waals surface area (Å²) in [5.74, 6) is 0.563. The summed E-state index contributed by atoms with van der Waals surface area (Å²) in [6.07, 6.45) is 1.59. The highest BCUT2D eigenvalue weighted by atomic mass is 35.5. The molecule has 2 aromatic carbocycles. The Morgan fingerprint density at radius 1 is 1.28 bits per heavy atom. The lowest BCUT2D eigenvalue weighted by Gasteiger charge is -2.17. The van der Waals surface area contributed by atoms with Gasteiger partial charge in [0.2, 0.25) is 11.8 Å². The highest BCUT2D eigenvalue weighted by Crippen LogP contribution is 2.26. The molecule has 0 unspecified atom stereocenters. The Hall–Kier alpha value is -2.53. The van der Waals surface area contributed by atoms with E-state index in [-0.39, 0.29) is 18.2 Å². The van der Waals surface area contributed by atoms with Crippen molar-refractivity contribution < 1.29 is 14.3 Å². The lowest BCUT2D eigenvalue weighted by atomic mass is 10.1. The van der Waals surface area contributed by atoms with Crippen LogP contribution in [0.1, 0.15) is 18.4 Å². The third kappa shape index (κ3) is 4.12. The lowest BCUT2D eigenvalue weighted by molar-refractivity contribution is -0.117. The Morgan fingerprint density at radius 2 is 2.12 bits per heavy atom. The van der Waals surface area contributed by atoms with Gasteiger partial charge in [-0.1, -0.05) is 17.7 Å². The largest absolute Gasteiger partial charge is 0.496 e. The fourth-order valence-corrected chi connectivity index (χ4v) is 3.13. The van der Waals surface area contributed by atoms with Crippen LogP contribution in [0.3, 0.4) is 0 Å². The van der Waals surface area contributed by atoms with Crippen LogP contribution in [-0.4, -0.2) is 25.5 Å². The van der Waals surface area contributed by atoms with Crippen LogP contribution in [0.25, 0.3) is 0 Å². The summed E-state index contributed by atoms with van der Waals surface area (Å²) in [5.41, 5.74) is 2.18. The third-order valence-electron chi connectivity index (χ3n) is 4.11. The number of ether oxygens (including phenoxy) is 1. The number of anilines is 2. The SMILES string of the molecule is COc1ccc(Cl)cc1CC(=O)Nc1cccc(N2CCCC2=O)c1. The normalized spacial score (nSPS) is 13.8. The van der Waals surface area contributed by atoms with Gasteiger partial charge in [0, 0.05) is 34.9 Å². The molecule has 0 spiro atoms. The number of amides is 2. The molecular formula is C19H19ClN2O3. The number of rotatable bonds is 5. The van der Waals surface area contributed by atoms with Crippen molar-refractivity contribution in [2.75, 3.05) is 23.9 Å². The van der Waals surface area contributed by atoms with Gasteiger partial charge >= 0.3 is 0 Å². The van der Waals surface area contributed by atoms with Crippen LogP contribution in [0.2, 0.25) is 5.02 Å². The van der Waals surface area contributed by atoms with Crippen molar-refractivity contribution in [1.82, 2.24) is 0 Å². The molecule has 2 aromatic rings. The molecule has 2 amide bonds. The van der Waals surface area contributed by atoms with Gasteiger partial charge < -0.3 is 15.0 Å². The van der Waals surface area contributed by atoms with Gasteiger partial charge in [-0.2, -0.15) is 0 Å². The second-order valence-electron chi connectivity index (χ2n) is 5.88. The van der Waals surface area contributed by atoms with E-state index in [0.717, 1.165) is 24.2 Å². The first kappa shape index (κ1) is 17.3. The Morgan fingerprint density at radius 3 is 2.84 bits per heavy atom. The minimum absolute atomic E-state index is 0.118. The quantitative estimate of drug-likeness (QED) is 0.887. The van der Waals surface area contributed by atoms with E-state index in [1.807, 2.05) is 18.2 Å². The molecule has 25 heavy (non-hydrogen) atoms. The number of methoxy groups -OCH3 is 1. The Kier molecular flexibility index (Phi) is 5.24. The first-order chi connectivity index (χ1) is 12.1. The van der Waals surface area contributed by atoms with Crippen LogP contribution < -0.4 is 15.0 Å². The number of halogens is 1. The highest BCUT2D eigenvalue weighted by molar-refractivity contribution is 6.30. The maximum atomic E-state index is 12.4. The summed E-state index contributed by atoms with van der Waals surface area (Å²) in [6, 6.07) is 12.5. The molecule has 0 bridgehead atoms. The molecule has 0 saturated carbocycles. The Labute approximate surface area is 151 Å². The standard InChI is InChI=1S/C19H19ClN2O3/c1-25-17-8-7-14(20)10-13(17)11-18(23)21-15-4-2-5-16(12-15)22-9-3-6-19(22)24/h2,4-5,7-8,10,12H,3,6,9,11H2,1H3,(H,21,23). The predicted octanol–water partition coefficient (Wildman–Crippen LogP) is 3.66. The molecule has 130 valence electrons. The smallest absolute Gasteiger partial charge is 0.228 e. The van der Waals surface area contributed by atoms with Gasteiger partial charge in [0.15, 0.2) is 0 Å². The minimum Gasteiger partial charge on any atom is -0.496 e. The van der Waals surface area contributed by atoms with Gasteiger partial charge in [-0.05, 0) is 42.8 Å². The topological polar surface area (TPSA) is 58.6 Å². The second-order valence-corrected chi connectivity index (χ2v) is 6.32. The predicted molar refractivity (Wildman–Crippen MR) is 98.4 cm³/mol. The lowest BCUT2D eigenvalue weighted by Crippen LogP contribution is -2.23. The number of hydrogen-bond donors (Lipinski definition) is 1. The Balaban J connectivity index is 1.71. The van der Waals surface area contributed by atoms with Gasteiger partial charge in [0.25, 0.3) is 0 Å². The van der Waals surface area contributed by atoms with Crippen LogP contribution in [0.4, 0.5) is 11.4 Å². The van der Waals surface area contributed by atoms with E-state index in [2.05, 4.69) is 5.32 Å². The van der Waals surface area contributed by atoms with Crippen molar-refractivity contribution in [3.63, 3.8) is 0 Å². The fourth-order valence-electron chi connectivity index (χ4n) is 2.94. The molecule has 0 aliphatic carbocycles. The van der Waals surface area contributed by atoms with E-state index in [4.69, 9.17) is 16.3 Å². The third-order valence-corrected chi connectivity index (χ3v) is 4.34. The highest BCUT2D eigenvalue weighted by Gasteiger charge is 2.21. The van der Waals surface area contributed by atoms with Gasteiger partial charge in [-0.25, -0.2) is 0 Å². The number of hydrogen-bond acceptors (Lipinski definition) is 3. The number of nitrogens with one attached hydrogen (secondary N) is 1. The van der Waals surface area contributed by atoms with Crippen LogP contribution in [0.5, 0.6) is 5.75 Å². The van der Waals surface area contributed by atoms with Gasteiger partial charge in [-0.3, -0.25) is 9.59 Å². The molecule has 1 saturated heterocycles. The van der Waals surface area contributed by atoms with E-state index in [0.29, 0.717) is 22.9 Å². The first-order valence-corrected chi connectivity index (χ1v) is 8.47. The average Bonchev–Trinajstić information content (AvgIpc) is 3.01. The molecule has 6 heteroatoms. The maximum absolute atomic E-state index is 12.4. The van der Waals surface area contributed by atoms with Crippen molar-refractivity contribution in [1.29, 1.82) is 0 Å². The van der Waals surface area contributed by atoms with Crippen LogP contribution in [0.15, 0.2) is 42.5 Å². The van der Waals surface area contributed by atoms with Crippen molar-refractivity contribution in [3.8, 4) is 5.75 Å². The summed E-state index contributed by atoms with van der Waals surface area (Å²) in [4.78, 5) is 26.0. The summed E-state index contributed by atoms with van der Waals surface area (Å²) in [5, 5.41) is 3.42. The zero-order valence-electron chi connectivity index (χ0n) is 13.9. The van der Waals surface area contributed by atoms with E-state index < -0.39 is 0 Å². The van der Waals surface area contributed by atoms with Gasteiger partial charge in [0.1, 0.15) is 5.75 Å². The summed E-state index contributed by atoms with van der Waals surface area (Å²) in [7, 11) is 1.56. The van der Waals surface area contributed by atoms with Crippen LogP contribution in [0, 0.1) is 0 Å².